The third-order valence-corrected chi connectivity index (χ3v) is 2.87. The lowest BCUT2D eigenvalue weighted by Crippen LogP contribution is -2.22. The van der Waals surface area contributed by atoms with E-state index in [0.717, 1.165) is 18.2 Å². The molecule has 126 valence electrons. The van der Waals surface area contributed by atoms with Gasteiger partial charge in [-0.1, -0.05) is 6.07 Å². The highest BCUT2D eigenvalue weighted by Crippen LogP contribution is 2.26. The lowest BCUT2D eigenvalue weighted by molar-refractivity contribution is -0.126. The quantitative estimate of drug-likeness (QED) is 0.834. The van der Waals surface area contributed by atoms with Crippen LogP contribution in [0.2, 0.25) is 0 Å². The maximum absolute atomic E-state index is 14.1. The van der Waals surface area contributed by atoms with E-state index < -0.39 is 47.1 Å². The Kier molecular flexibility index (Phi) is 5.12. The van der Waals surface area contributed by atoms with Crippen molar-refractivity contribution in [1.82, 2.24) is 0 Å². The van der Waals surface area contributed by atoms with Gasteiger partial charge >= 0.3 is 6.43 Å². The van der Waals surface area contributed by atoms with Crippen LogP contribution in [0.3, 0.4) is 0 Å². The number of rotatable bonds is 4. The van der Waals surface area contributed by atoms with Gasteiger partial charge in [-0.25, -0.2) is 13.2 Å². The van der Waals surface area contributed by atoms with Crippen LogP contribution in [0, 0.1) is 17.5 Å². The molecule has 0 unspecified atom stereocenters. The first kappa shape index (κ1) is 17.4. The highest BCUT2D eigenvalue weighted by atomic mass is 19.3. The summed E-state index contributed by atoms with van der Waals surface area (Å²) in [6, 6.07) is 5.98. The predicted octanol–water partition coefficient (Wildman–Crippen LogP) is 3.56. The van der Waals surface area contributed by atoms with Crippen LogP contribution in [0.5, 0.6) is 0 Å². The Bertz CT molecular complexity index is 795. The van der Waals surface area contributed by atoms with Crippen molar-refractivity contribution in [3.05, 3.63) is 59.4 Å². The van der Waals surface area contributed by atoms with Crippen LogP contribution < -0.4 is 10.6 Å². The van der Waals surface area contributed by atoms with Gasteiger partial charge in [0.05, 0.1) is 5.69 Å². The van der Waals surface area contributed by atoms with E-state index in [0.29, 0.717) is 6.07 Å². The Balaban J connectivity index is 2.28. The van der Waals surface area contributed by atoms with Gasteiger partial charge in [-0.2, -0.15) is 8.78 Å². The number of amides is 2. The third kappa shape index (κ3) is 3.86. The molecule has 0 saturated heterocycles. The van der Waals surface area contributed by atoms with Crippen molar-refractivity contribution in [2.75, 3.05) is 10.6 Å². The number of alkyl halides is 2. The number of carbonyl (C=O) groups excluding carboxylic acids is 2. The first-order valence-corrected chi connectivity index (χ1v) is 6.43. The van der Waals surface area contributed by atoms with E-state index in [2.05, 4.69) is 0 Å². The molecule has 2 aromatic carbocycles. The lowest BCUT2D eigenvalue weighted by atomic mass is 10.2. The number of nitrogens with one attached hydrogen (secondary N) is 2. The maximum Gasteiger partial charge on any atom is 0.315 e. The number of benzene rings is 2. The molecule has 0 aliphatic rings. The molecule has 0 heterocycles. The van der Waals surface area contributed by atoms with Gasteiger partial charge < -0.3 is 10.6 Å². The monoisotopic (exact) mass is 344 g/mol. The zero-order valence-electron chi connectivity index (χ0n) is 11.7. The van der Waals surface area contributed by atoms with Gasteiger partial charge in [0.2, 0.25) is 0 Å². The van der Waals surface area contributed by atoms with Crippen molar-refractivity contribution in [1.29, 1.82) is 0 Å². The van der Waals surface area contributed by atoms with Gasteiger partial charge in [0.25, 0.3) is 11.8 Å². The molecule has 24 heavy (non-hydrogen) atoms. The second-order valence-corrected chi connectivity index (χ2v) is 4.54. The molecule has 0 aliphatic heterocycles. The molecular formula is C15H9F5N2O2. The minimum Gasteiger partial charge on any atom is -0.319 e. The van der Waals surface area contributed by atoms with Gasteiger partial charge in [-0.3, -0.25) is 9.59 Å². The standard InChI is InChI=1S/C15H9F5N2O2/c16-8-3-1-2-7(6-8)14(23)21-10-5-4-9(17)12(11(10)18)22-15(24)13(19)20/h1-6,13H,(H,21,23)(H,22,24). The van der Waals surface area contributed by atoms with Crippen LogP contribution in [-0.4, -0.2) is 18.2 Å². The first-order chi connectivity index (χ1) is 11.3. The van der Waals surface area contributed by atoms with E-state index in [-0.39, 0.29) is 5.56 Å². The van der Waals surface area contributed by atoms with Crippen molar-refractivity contribution < 1.29 is 31.5 Å². The number of halogens is 5. The van der Waals surface area contributed by atoms with E-state index in [4.69, 9.17) is 0 Å². The molecule has 0 fully saturated rings. The summed E-state index contributed by atoms with van der Waals surface area (Å²) in [5.74, 6) is -6.27. The van der Waals surface area contributed by atoms with E-state index >= 15 is 0 Å². The Hall–Kier alpha value is -2.97. The van der Waals surface area contributed by atoms with E-state index in [1.807, 2.05) is 5.32 Å². The summed E-state index contributed by atoms with van der Waals surface area (Å²) in [7, 11) is 0. The van der Waals surface area contributed by atoms with Crippen LogP contribution >= 0.6 is 0 Å². The fourth-order valence-electron chi connectivity index (χ4n) is 1.77. The summed E-state index contributed by atoms with van der Waals surface area (Å²) in [5, 5.41) is 3.43. The van der Waals surface area contributed by atoms with E-state index in [1.54, 1.807) is 0 Å². The van der Waals surface area contributed by atoms with Crippen molar-refractivity contribution in [3.63, 3.8) is 0 Å². The van der Waals surface area contributed by atoms with Crippen LogP contribution in [0.15, 0.2) is 36.4 Å². The third-order valence-electron chi connectivity index (χ3n) is 2.87. The number of anilines is 2. The molecule has 2 N–H and O–H groups in total. The Morgan fingerprint density at radius 2 is 1.67 bits per heavy atom. The van der Waals surface area contributed by atoms with Gasteiger partial charge in [0.15, 0.2) is 5.82 Å². The number of hydrogen-bond acceptors (Lipinski definition) is 2. The fraction of sp³-hybridized carbons (Fsp3) is 0.0667. The van der Waals surface area contributed by atoms with Gasteiger partial charge in [0.1, 0.15) is 17.3 Å². The highest BCUT2D eigenvalue weighted by Gasteiger charge is 2.22. The van der Waals surface area contributed by atoms with Gasteiger partial charge in [-0.05, 0) is 30.3 Å². The minimum absolute atomic E-state index is 0.142. The molecule has 0 aromatic heterocycles. The molecule has 0 radical (unpaired) electrons. The molecule has 0 saturated carbocycles. The van der Waals surface area contributed by atoms with Crippen LogP contribution in [0.1, 0.15) is 10.4 Å². The fourth-order valence-corrected chi connectivity index (χ4v) is 1.77. The molecule has 0 aliphatic carbocycles. The van der Waals surface area contributed by atoms with Crippen molar-refractivity contribution >= 4 is 23.2 Å². The molecule has 2 rings (SSSR count). The zero-order chi connectivity index (χ0) is 17.9. The summed E-state index contributed by atoms with van der Waals surface area (Å²) in [6.45, 7) is 0. The van der Waals surface area contributed by atoms with Crippen molar-refractivity contribution in [2.24, 2.45) is 0 Å². The number of carbonyl (C=O) groups is 2. The summed E-state index contributed by atoms with van der Waals surface area (Å²) < 4.78 is 65.1. The second kappa shape index (κ2) is 7.07. The van der Waals surface area contributed by atoms with E-state index in [1.165, 1.54) is 17.4 Å². The highest BCUT2D eigenvalue weighted by molar-refractivity contribution is 6.05. The minimum atomic E-state index is -3.48. The Labute approximate surface area is 132 Å². The molecule has 0 bridgehead atoms. The van der Waals surface area contributed by atoms with Crippen molar-refractivity contribution in [3.8, 4) is 0 Å². The SMILES string of the molecule is O=C(Nc1ccc(F)c(NC(=O)C(F)F)c1F)c1cccc(F)c1. The molecule has 0 atom stereocenters. The Morgan fingerprint density at radius 3 is 2.29 bits per heavy atom. The Morgan fingerprint density at radius 1 is 0.958 bits per heavy atom. The normalized spacial score (nSPS) is 10.6. The number of hydrogen-bond donors (Lipinski definition) is 2. The zero-order valence-corrected chi connectivity index (χ0v) is 11.7. The average molecular weight is 344 g/mol. The summed E-state index contributed by atoms with van der Waals surface area (Å²) in [5.41, 5.74) is -1.84. The second-order valence-electron chi connectivity index (χ2n) is 4.54. The molecule has 9 heteroatoms. The van der Waals surface area contributed by atoms with E-state index in [9.17, 15) is 31.5 Å². The largest absolute Gasteiger partial charge is 0.319 e. The first-order valence-electron chi connectivity index (χ1n) is 6.43. The summed E-state index contributed by atoms with van der Waals surface area (Å²) >= 11 is 0. The van der Waals surface area contributed by atoms with Gasteiger partial charge in [-0.15, -0.1) is 0 Å². The molecule has 2 aromatic rings. The summed E-state index contributed by atoms with van der Waals surface area (Å²) in [6.07, 6.45) is -3.48. The lowest BCUT2D eigenvalue weighted by Gasteiger charge is -2.12. The smallest absolute Gasteiger partial charge is 0.315 e. The molecule has 0 spiro atoms. The molecular weight excluding hydrogens is 335 g/mol. The van der Waals surface area contributed by atoms with Crippen molar-refractivity contribution in [2.45, 2.75) is 6.43 Å². The van der Waals surface area contributed by atoms with Gasteiger partial charge in [0, 0.05) is 5.56 Å². The van der Waals surface area contributed by atoms with Crippen LogP contribution in [-0.2, 0) is 4.79 Å². The predicted molar refractivity (Wildman–Crippen MR) is 75.3 cm³/mol. The molecule has 4 nitrogen and oxygen atoms in total. The topological polar surface area (TPSA) is 58.2 Å². The summed E-state index contributed by atoms with van der Waals surface area (Å²) in [4.78, 5) is 22.8. The molecule has 2 amide bonds. The van der Waals surface area contributed by atoms with Crippen LogP contribution in [0.4, 0.5) is 33.3 Å². The van der Waals surface area contributed by atoms with Crippen LogP contribution in [0.25, 0.3) is 0 Å². The average Bonchev–Trinajstić information content (AvgIpc) is 2.53. The maximum atomic E-state index is 14.1.